The van der Waals surface area contributed by atoms with Crippen LogP contribution in [-0.4, -0.2) is 17.6 Å². The molecule has 0 saturated heterocycles. The lowest BCUT2D eigenvalue weighted by Crippen LogP contribution is -2.24. The molecule has 2 aromatic rings. The number of benzene rings is 2. The van der Waals surface area contributed by atoms with Crippen molar-refractivity contribution in [3.63, 3.8) is 0 Å². The fraction of sp³-hybridized carbons (Fsp3) is 0.200. The molecule has 0 aliphatic carbocycles. The van der Waals surface area contributed by atoms with Crippen molar-refractivity contribution in [2.24, 2.45) is 0 Å². The van der Waals surface area contributed by atoms with Gasteiger partial charge in [-0.3, -0.25) is 0 Å². The molecule has 2 rings (SSSR count). The molecule has 0 fully saturated rings. The second-order valence-electron chi connectivity index (χ2n) is 4.28. The van der Waals surface area contributed by atoms with Crippen LogP contribution in [0.1, 0.15) is 17.2 Å². The molecule has 0 bridgehead atoms. The van der Waals surface area contributed by atoms with E-state index in [0.717, 1.165) is 11.1 Å². The third kappa shape index (κ3) is 4.25. The van der Waals surface area contributed by atoms with Gasteiger partial charge in [-0.1, -0.05) is 60.7 Å². The monoisotopic (exact) mass is 274 g/mol. The SMILES string of the molecule is O=[P+](O)CCNC(c1ccccc1)c1ccccc1. The van der Waals surface area contributed by atoms with Gasteiger partial charge in [0, 0.05) is 6.54 Å². The highest BCUT2D eigenvalue weighted by Gasteiger charge is 2.15. The number of rotatable bonds is 6. The Morgan fingerprint density at radius 2 is 1.42 bits per heavy atom. The highest BCUT2D eigenvalue weighted by atomic mass is 31.1. The zero-order valence-electron chi connectivity index (χ0n) is 10.6. The van der Waals surface area contributed by atoms with Crippen molar-refractivity contribution in [2.75, 3.05) is 12.7 Å². The molecule has 0 spiro atoms. The molecule has 1 atom stereocenters. The molecule has 0 aliphatic rings. The summed E-state index contributed by atoms with van der Waals surface area (Å²) in [5, 5.41) is 3.34. The molecule has 2 aromatic carbocycles. The fourth-order valence-electron chi connectivity index (χ4n) is 2.02. The fourth-order valence-corrected chi connectivity index (χ4v) is 2.34. The van der Waals surface area contributed by atoms with Crippen LogP contribution < -0.4 is 5.32 Å². The predicted octanol–water partition coefficient (Wildman–Crippen LogP) is 3.10. The molecule has 2 N–H and O–H groups in total. The van der Waals surface area contributed by atoms with Crippen molar-refractivity contribution in [3.05, 3.63) is 71.8 Å². The zero-order valence-corrected chi connectivity index (χ0v) is 11.5. The van der Waals surface area contributed by atoms with Gasteiger partial charge in [-0.2, -0.15) is 4.89 Å². The van der Waals surface area contributed by atoms with Crippen LogP contribution in [-0.2, 0) is 4.57 Å². The Morgan fingerprint density at radius 3 is 1.84 bits per heavy atom. The normalized spacial score (nSPS) is 11.6. The van der Waals surface area contributed by atoms with Crippen molar-refractivity contribution in [2.45, 2.75) is 6.04 Å². The van der Waals surface area contributed by atoms with E-state index in [4.69, 9.17) is 4.89 Å². The first-order valence-corrected chi connectivity index (χ1v) is 7.64. The van der Waals surface area contributed by atoms with Crippen molar-refractivity contribution in [1.82, 2.24) is 5.32 Å². The first kappa shape index (κ1) is 13.9. The van der Waals surface area contributed by atoms with Crippen LogP contribution in [0.25, 0.3) is 0 Å². The molecule has 0 aliphatic heterocycles. The molecule has 19 heavy (non-hydrogen) atoms. The summed E-state index contributed by atoms with van der Waals surface area (Å²) in [6.07, 6.45) is 0.269. The summed E-state index contributed by atoms with van der Waals surface area (Å²) >= 11 is 0. The molecule has 0 heterocycles. The van der Waals surface area contributed by atoms with Gasteiger partial charge < -0.3 is 5.32 Å². The van der Waals surface area contributed by atoms with Gasteiger partial charge in [0.25, 0.3) is 0 Å². The van der Waals surface area contributed by atoms with E-state index < -0.39 is 8.03 Å². The lowest BCUT2D eigenvalue weighted by Gasteiger charge is -2.18. The van der Waals surface area contributed by atoms with Crippen LogP contribution >= 0.6 is 8.03 Å². The van der Waals surface area contributed by atoms with E-state index in [1.807, 2.05) is 36.4 Å². The van der Waals surface area contributed by atoms with E-state index in [0.29, 0.717) is 6.54 Å². The van der Waals surface area contributed by atoms with Crippen LogP contribution in [0, 0.1) is 0 Å². The van der Waals surface area contributed by atoms with Crippen molar-refractivity contribution < 1.29 is 9.46 Å². The number of hydrogen-bond acceptors (Lipinski definition) is 2. The Balaban J connectivity index is 2.17. The minimum absolute atomic E-state index is 0.0531. The summed E-state index contributed by atoms with van der Waals surface area (Å²) in [6.45, 7) is 0.514. The summed E-state index contributed by atoms with van der Waals surface area (Å²) in [6, 6.07) is 20.3. The predicted molar refractivity (Wildman–Crippen MR) is 77.4 cm³/mol. The Labute approximate surface area is 114 Å². The largest absolute Gasteiger partial charge is 0.506 e. The quantitative estimate of drug-likeness (QED) is 0.796. The summed E-state index contributed by atoms with van der Waals surface area (Å²) < 4.78 is 10.8. The Hall–Kier alpha value is -1.54. The third-order valence-corrected chi connectivity index (χ3v) is 3.52. The summed E-state index contributed by atoms with van der Waals surface area (Å²) in [7, 11) is -2.08. The minimum atomic E-state index is -2.08. The summed E-state index contributed by atoms with van der Waals surface area (Å²) in [5.41, 5.74) is 2.31. The number of nitrogens with one attached hydrogen (secondary N) is 1. The van der Waals surface area contributed by atoms with Gasteiger partial charge in [0.1, 0.15) is 0 Å². The van der Waals surface area contributed by atoms with Crippen LogP contribution in [0.3, 0.4) is 0 Å². The Bertz CT molecular complexity index is 477. The van der Waals surface area contributed by atoms with Gasteiger partial charge >= 0.3 is 8.03 Å². The van der Waals surface area contributed by atoms with Crippen molar-refractivity contribution in [1.29, 1.82) is 0 Å². The van der Waals surface area contributed by atoms with Gasteiger partial charge in [-0.25, -0.2) is 0 Å². The number of hydrogen-bond donors (Lipinski definition) is 2. The van der Waals surface area contributed by atoms with Gasteiger partial charge in [0.05, 0.1) is 6.04 Å². The van der Waals surface area contributed by atoms with E-state index in [9.17, 15) is 4.57 Å². The van der Waals surface area contributed by atoms with Gasteiger partial charge in [-0.05, 0) is 15.7 Å². The molecular formula is C15H17NO2P+. The Kier molecular flexibility index (Phi) is 5.22. The second-order valence-corrected chi connectivity index (χ2v) is 5.44. The van der Waals surface area contributed by atoms with E-state index in [-0.39, 0.29) is 12.2 Å². The maximum absolute atomic E-state index is 10.8. The average molecular weight is 274 g/mol. The maximum Gasteiger partial charge on any atom is 0.506 e. The van der Waals surface area contributed by atoms with Crippen molar-refractivity contribution >= 4 is 8.03 Å². The molecule has 0 aromatic heterocycles. The smallest absolute Gasteiger partial charge is 0.302 e. The molecule has 0 amide bonds. The van der Waals surface area contributed by atoms with Crippen LogP contribution in [0.2, 0.25) is 0 Å². The molecule has 3 nitrogen and oxygen atoms in total. The molecule has 0 radical (unpaired) electrons. The zero-order chi connectivity index (χ0) is 13.5. The molecule has 98 valence electrons. The topological polar surface area (TPSA) is 49.3 Å². The van der Waals surface area contributed by atoms with Crippen LogP contribution in [0.15, 0.2) is 60.7 Å². The van der Waals surface area contributed by atoms with Crippen molar-refractivity contribution in [3.8, 4) is 0 Å². The van der Waals surface area contributed by atoms with E-state index in [2.05, 4.69) is 29.6 Å². The first-order chi connectivity index (χ1) is 9.27. The lowest BCUT2D eigenvalue weighted by molar-refractivity contribution is 0.498. The molecule has 4 heteroatoms. The van der Waals surface area contributed by atoms with Crippen LogP contribution in [0.4, 0.5) is 0 Å². The molecular weight excluding hydrogens is 257 g/mol. The molecule has 1 unspecified atom stereocenters. The van der Waals surface area contributed by atoms with Crippen LogP contribution in [0.5, 0.6) is 0 Å². The standard InChI is InChI=1S/C15H16NO2P/c17-19(18)12-11-16-15(13-7-3-1-4-8-13)14-9-5-2-6-10-14/h1-10,15-16H,11-12H2/p+1. The highest BCUT2D eigenvalue weighted by Crippen LogP contribution is 2.22. The Morgan fingerprint density at radius 1 is 0.947 bits per heavy atom. The second kappa shape index (κ2) is 7.15. The molecule has 0 saturated carbocycles. The highest BCUT2D eigenvalue weighted by molar-refractivity contribution is 7.38. The van der Waals surface area contributed by atoms with Gasteiger partial charge in [-0.15, -0.1) is 0 Å². The maximum atomic E-state index is 10.8. The van der Waals surface area contributed by atoms with Gasteiger partial charge in [0.15, 0.2) is 6.16 Å². The summed E-state index contributed by atoms with van der Waals surface area (Å²) in [5.74, 6) is 0. The van der Waals surface area contributed by atoms with E-state index in [1.165, 1.54) is 0 Å². The third-order valence-electron chi connectivity index (χ3n) is 2.92. The average Bonchev–Trinajstić information content (AvgIpc) is 2.45. The summed E-state index contributed by atoms with van der Waals surface area (Å²) in [4.78, 5) is 8.88. The van der Waals surface area contributed by atoms with E-state index >= 15 is 0 Å². The van der Waals surface area contributed by atoms with E-state index in [1.54, 1.807) is 0 Å². The van der Waals surface area contributed by atoms with Gasteiger partial charge in [0.2, 0.25) is 0 Å². The lowest BCUT2D eigenvalue weighted by atomic mass is 9.99. The first-order valence-electron chi connectivity index (χ1n) is 6.24. The minimum Gasteiger partial charge on any atom is -0.302 e.